The van der Waals surface area contributed by atoms with Crippen LogP contribution >= 0.6 is 0 Å². The highest BCUT2D eigenvalue weighted by Crippen LogP contribution is 2.21. The summed E-state index contributed by atoms with van der Waals surface area (Å²) >= 11 is 0. The lowest BCUT2D eigenvalue weighted by molar-refractivity contribution is -0.0170. The van der Waals surface area contributed by atoms with Gasteiger partial charge in [-0.05, 0) is 13.8 Å². The molecule has 2 heterocycles. The number of ether oxygens (including phenoxy) is 1. The largest absolute Gasteiger partial charge is 0.375 e. The second-order valence-electron chi connectivity index (χ2n) is 4.42. The van der Waals surface area contributed by atoms with Gasteiger partial charge in [-0.15, -0.1) is 0 Å². The molecule has 1 aromatic rings. The number of hydrogen-bond acceptors (Lipinski definition) is 4. The Balaban J connectivity index is 2.31. The van der Waals surface area contributed by atoms with E-state index in [1.54, 1.807) is 7.05 Å². The second kappa shape index (κ2) is 4.40. The van der Waals surface area contributed by atoms with Gasteiger partial charge in [-0.3, -0.25) is 4.68 Å². The van der Waals surface area contributed by atoms with E-state index < -0.39 is 10.0 Å². The molecule has 0 aliphatic carbocycles. The van der Waals surface area contributed by atoms with Crippen LogP contribution in [0, 0.1) is 0 Å². The highest BCUT2D eigenvalue weighted by Gasteiger charge is 2.34. The molecule has 7 heteroatoms. The number of sulfonamides is 1. The number of aromatic nitrogens is 2. The van der Waals surface area contributed by atoms with E-state index in [0.717, 1.165) is 0 Å². The van der Waals surface area contributed by atoms with E-state index in [9.17, 15) is 8.42 Å². The molecule has 0 N–H and O–H groups in total. The Kier molecular flexibility index (Phi) is 3.24. The third-order valence-electron chi connectivity index (χ3n) is 2.84. The molecule has 1 aliphatic heterocycles. The molecule has 0 amide bonds. The summed E-state index contributed by atoms with van der Waals surface area (Å²) in [6.07, 6.45) is 2.82. The highest BCUT2D eigenvalue weighted by atomic mass is 32.2. The van der Waals surface area contributed by atoms with Gasteiger partial charge in [0.2, 0.25) is 10.0 Å². The molecule has 0 bridgehead atoms. The van der Waals surface area contributed by atoms with Gasteiger partial charge in [-0.1, -0.05) is 0 Å². The first-order chi connectivity index (χ1) is 7.91. The van der Waals surface area contributed by atoms with Crippen LogP contribution in [0.25, 0.3) is 0 Å². The Morgan fingerprint density at radius 1 is 1.47 bits per heavy atom. The fraction of sp³-hybridized carbons (Fsp3) is 0.700. The van der Waals surface area contributed by atoms with Crippen molar-refractivity contribution in [2.45, 2.75) is 30.9 Å². The molecule has 1 saturated heterocycles. The Morgan fingerprint density at radius 2 is 2.18 bits per heavy atom. The quantitative estimate of drug-likeness (QED) is 0.762. The van der Waals surface area contributed by atoms with Crippen molar-refractivity contribution in [3.05, 3.63) is 12.4 Å². The Bertz CT molecular complexity index is 497. The fourth-order valence-electron chi connectivity index (χ4n) is 1.88. The highest BCUT2D eigenvalue weighted by molar-refractivity contribution is 7.89. The van der Waals surface area contributed by atoms with Crippen LogP contribution < -0.4 is 0 Å². The summed E-state index contributed by atoms with van der Waals surface area (Å²) in [6, 6.07) is -0.142. The van der Waals surface area contributed by atoms with Gasteiger partial charge in [0.1, 0.15) is 4.90 Å². The molecule has 17 heavy (non-hydrogen) atoms. The van der Waals surface area contributed by atoms with Crippen molar-refractivity contribution in [3.8, 4) is 0 Å². The average Bonchev–Trinajstić information content (AvgIpc) is 2.69. The van der Waals surface area contributed by atoms with E-state index in [4.69, 9.17) is 4.74 Å². The van der Waals surface area contributed by atoms with Gasteiger partial charge in [0.25, 0.3) is 0 Å². The zero-order valence-corrected chi connectivity index (χ0v) is 11.0. The molecule has 2 atom stereocenters. The van der Waals surface area contributed by atoms with Crippen LogP contribution in [0.5, 0.6) is 0 Å². The Hall–Kier alpha value is -0.920. The summed E-state index contributed by atoms with van der Waals surface area (Å²) < 4.78 is 33.1. The maximum absolute atomic E-state index is 12.4. The van der Waals surface area contributed by atoms with Gasteiger partial charge >= 0.3 is 0 Å². The van der Waals surface area contributed by atoms with E-state index in [1.807, 2.05) is 13.8 Å². The molecule has 2 rings (SSSR count). The Labute approximate surface area is 101 Å². The SMILES string of the molecule is C[C@@H]1CO[C@@H](C)CN1S(=O)(=O)c1cnn(C)c1. The molecule has 0 saturated carbocycles. The van der Waals surface area contributed by atoms with Crippen molar-refractivity contribution in [2.24, 2.45) is 7.05 Å². The zero-order chi connectivity index (χ0) is 12.6. The van der Waals surface area contributed by atoms with Crippen molar-refractivity contribution >= 4 is 10.0 Å². The number of hydrogen-bond donors (Lipinski definition) is 0. The number of nitrogens with zero attached hydrogens (tertiary/aromatic N) is 3. The monoisotopic (exact) mass is 259 g/mol. The van der Waals surface area contributed by atoms with Crippen molar-refractivity contribution in [1.82, 2.24) is 14.1 Å². The third kappa shape index (κ3) is 2.36. The van der Waals surface area contributed by atoms with Gasteiger partial charge in [0, 0.05) is 25.8 Å². The molecule has 6 nitrogen and oxygen atoms in total. The van der Waals surface area contributed by atoms with E-state index in [2.05, 4.69) is 5.10 Å². The van der Waals surface area contributed by atoms with Crippen LogP contribution in [0.3, 0.4) is 0 Å². The first kappa shape index (κ1) is 12.5. The maximum atomic E-state index is 12.4. The zero-order valence-electron chi connectivity index (χ0n) is 10.2. The lowest BCUT2D eigenvalue weighted by Gasteiger charge is -2.35. The van der Waals surface area contributed by atoms with E-state index in [-0.39, 0.29) is 17.0 Å². The third-order valence-corrected chi connectivity index (χ3v) is 4.77. The van der Waals surface area contributed by atoms with Gasteiger partial charge in [-0.2, -0.15) is 9.40 Å². The number of rotatable bonds is 2. The first-order valence-electron chi connectivity index (χ1n) is 5.53. The molecular weight excluding hydrogens is 242 g/mol. The van der Waals surface area contributed by atoms with Crippen molar-refractivity contribution < 1.29 is 13.2 Å². The molecule has 0 radical (unpaired) electrons. The lowest BCUT2D eigenvalue weighted by atomic mass is 10.2. The summed E-state index contributed by atoms with van der Waals surface area (Å²) in [5.41, 5.74) is 0. The Morgan fingerprint density at radius 3 is 2.76 bits per heavy atom. The minimum absolute atomic E-state index is 0.0716. The minimum Gasteiger partial charge on any atom is -0.375 e. The van der Waals surface area contributed by atoms with Crippen LogP contribution in [0.4, 0.5) is 0 Å². The van der Waals surface area contributed by atoms with E-state index in [1.165, 1.54) is 21.4 Å². The molecule has 0 aromatic carbocycles. The number of morpholine rings is 1. The van der Waals surface area contributed by atoms with Gasteiger partial charge in [0.05, 0.1) is 18.9 Å². The normalized spacial score (nSPS) is 27.2. The van der Waals surface area contributed by atoms with Crippen LogP contribution in [-0.2, 0) is 21.8 Å². The second-order valence-corrected chi connectivity index (χ2v) is 6.31. The van der Waals surface area contributed by atoms with Crippen LogP contribution in [0.15, 0.2) is 17.3 Å². The molecule has 1 aromatic heterocycles. The summed E-state index contributed by atoms with van der Waals surface area (Å²) in [5.74, 6) is 0. The molecule has 0 spiro atoms. The predicted octanol–water partition coefficient (Wildman–Crippen LogP) is 0.218. The average molecular weight is 259 g/mol. The summed E-state index contributed by atoms with van der Waals surface area (Å²) in [4.78, 5) is 0.237. The molecule has 1 fully saturated rings. The number of aryl methyl sites for hydroxylation is 1. The summed E-state index contributed by atoms with van der Waals surface area (Å²) in [5, 5.41) is 3.90. The minimum atomic E-state index is -3.45. The van der Waals surface area contributed by atoms with Crippen molar-refractivity contribution in [2.75, 3.05) is 13.2 Å². The van der Waals surface area contributed by atoms with Crippen molar-refractivity contribution in [3.63, 3.8) is 0 Å². The maximum Gasteiger partial charge on any atom is 0.246 e. The van der Waals surface area contributed by atoms with E-state index >= 15 is 0 Å². The van der Waals surface area contributed by atoms with Gasteiger partial charge < -0.3 is 4.74 Å². The van der Waals surface area contributed by atoms with Gasteiger partial charge in [0.15, 0.2) is 0 Å². The molecule has 1 aliphatic rings. The smallest absolute Gasteiger partial charge is 0.246 e. The molecule has 0 unspecified atom stereocenters. The van der Waals surface area contributed by atoms with Crippen LogP contribution in [0.1, 0.15) is 13.8 Å². The summed E-state index contributed by atoms with van der Waals surface area (Å²) in [7, 11) is -1.75. The predicted molar refractivity (Wildman–Crippen MR) is 62.0 cm³/mol. The van der Waals surface area contributed by atoms with E-state index in [0.29, 0.717) is 13.2 Å². The van der Waals surface area contributed by atoms with Gasteiger partial charge in [-0.25, -0.2) is 8.42 Å². The summed E-state index contributed by atoms with van der Waals surface area (Å²) in [6.45, 7) is 4.54. The molecular formula is C10H17N3O3S. The standard InChI is InChI=1S/C10H17N3O3S/c1-8-7-16-9(2)5-13(8)17(14,15)10-4-11-12(3)6-10/h4,6,8-9H,5,7H2,1-3H3/t8-,9+/m1/s1. The fourth-order valence-corrected chi connectivity index (χ4v) is 3.55. The molecule has 96 valence electrons. The topological polar surface area (TPSA) is 64.4 Å². The van der Waals surface area contributed by atoms with Crippen LogP contribution in [0.2, 0.25) is 0 Å². The lowest BCUT2D eigenvalue weighted by Crippen LogP contribution is -2.49. The van der Waals surface area contributed by atoms with Crippen LogP contribution in [-0.4, -0.2) is 47.8 Å². The first-order valence-corrected chi connectivity index (χ1v) is 6.97. The van der Waals surface area contributed by atoms with Crippen molar-refractivity contribution in [1.29, 1.82) is 0 Å².